The Labute approximate surface area is 204 Å². The zero-order chi connectivity index (χ0) is 24.4. The normalized spacial score (nSPS) is 18.4. The van der Waals surface area contributed by atoms with Gasteiger partial charge in [-0.2, -0.15) is 0 Å². The quantitative estimate of drug-likeness (QED) is 0.589. The van der Waals surface area contributed by atoms with Crippen LogP contribution in [0.3, 0.4) is 0 Å². The summed E-state index contributed by atoms with van der Waals surface area (Å²) in [6.45, 7) is 3.27. The highest BCUT2D eigenvalue weighted by molar-refractivity contribution is 5.96. The van der Waals surface area contributed by atoms with Crippen molar-refractivity contribution < 1.29 is 23.8 Å². The zero-order valence-corrected chi connectivity index (χ0v) is 19.8. The van der Waals surface area contributed by atoms with E-state index >= 15 is 0 Å². The maximum absolute atomic E-state index is 13.5. The van der Waals surface area contributed by atoms with Gasteiger partial charge in [-0.25, -0.2) is 0 Å². The average Bonchev–Trinajstić information content (AvgIpc) is 3.54. The summed E-state index contributed by atoms with van der Waals surface area (Å²) >= 11 is 0. The van der Waals surface area contributed by atoms with E-state index in [4.69, 9.17) is 14.2 Å². The Kier molecular flexibility index (Phi) is 6.31. The van der Waals surface area contributed by atoms with Crippen molar-refractivity contribution in [1.29, 1.82) is 0 Å². The van der Waals surface area contributed by atoms with Crippen molar-refractivity contribution in [2.45, 2.75) is 19.4 Å². The molecule has 2 heterocycles. The van der Waals surface area contributed by atoms with E-state index in [1.54, 1.807) is 12.0 Å². The number of hydrogen-bond acceptors (Lipinski definition) is 5. The number of rotatable bonds is 6. The lowest BCUT2D eigenvalue weighted by atomic mass is 9.87. The minimum atomic E-state index is -0.409. The number of carbonyl (C=O) groups is 2. The summed E-state index contributed by atoms with van der Waals surface area (Å²) in [6, 6.07) is 20.9. The second kappa shape index (κ2) is 9.70. The summed E-state index contributed by atoms with van der Waals surface area (Å²) in [5.74, 6) is 1.35. The van der Waals surface area contributed by atoms with Crippen LogP contribution in [0.25, 0.3) is 0 Å². The van der Waals surface area contributed by atoms with Crippen LogP contribution in [0.2, 0.25) is 0 Å². The molecule has 1 N–H and O–H groups in total. The van der Waals surface area contributed by atoms with E-state index in [0.29, 0.717) is 36.7 Å². The second-order valence-corrected chi connectivity index (χ2v) is 8.89. The molecule has 0 bridgehead atoms. The number of benzene rings is 3. The Morgan fingerprint density at radius 1 is 1.00 bits per heavy atom. The molecule has 0 radical (unpaired) electrons. The minimum Gasteiger partial charge on any atom is -0.496 e. The van der Waals surface area contributed by atoms with Gasteiger partial charge in [0.25, 0.3) is 5.91 Å². The summed E-state index contributed by atoms with van der Waals surface area (Å²) in [4.78, 5) is 28.6. The summed E-state index contributed by atoms with van der Waals surface area (Å²) in [6.07, 6.45) is 0. The highest BCUT2D eigenvalue weighted by Gasteiger charge is 2.41. The van der Waals surface area contributed by atoms with Gasteiger partial charge in [-0.1, -0.05) is 42.5 Å². The number of nitrogens with zero attached hydrogens (tertiary/aromatic N) is 1. The first-order chi connectivity index (χ1) is 17.0. The van der Waals surface area contributed by atoms with Crippen molar-refractivity contribution in [2.24, 2.45) is 5.92 Å². The summed E-state index contributed by atoms with van der Waals surface area (Å²) < 4.78 is 16.4. The number of hydrogen-bond donors (Lipinski definition) is 1. The SMILES string of the molecule is COc1ccccc1[C@@H]1CN(C(=O)c2ccccc2C)C[C@H]1C(=O)NCc1ccc2c(c1)OCO2. The number of amides is 2. The molecular formula is C28H28N2O5. The van der Waals surface area contributed by atoms with E-state index in [1.165, 1.54) is 0 Å². The lowest BCUT2D eigenvalue weighted by Crippen LogP contribution is -2.35. The van der Waals surface area contributed by atoms with E-state index in [1.807, 2.05) is 73.7 Å². The van der Waals surface area contributed by atoms with Gasteiger partial charge in [0.2, 0.25) is 12.7 Å². The minimum absolute atomic E-state index is 0.0610. The Morgan fingerprint density at radius 2 is 1.77 bits per heavy atom. The third-order valence-corrected chi connectivity index (χ3v) is 6.76. The third kappa shape index (κ3) is 4.54. The van der Waals surface area contributed by atoms with Crippen molar-refractivity contribution in [3.05, 3.63) is 89.0 Å². The monoisotopic (exact) mass is 472 g/mol. The molecule has 7 nitrogen and oxygen atoms in total. The lowest BCUT2D eigenvalue weighted by Gasteiger charge is -2.20. The molecule has 1 fully saturated rings. The highest BCUT2D eigenvalue weighted by Crippen LogP contribution is 2.38. The fourth-order valence-corrected chi connectivity index (χ4v) is 4.88. The molecule has 180 valence electrons. The van der Waals surface area contributed by atoms with Crippen LogP contribution in [0.4, 0.5) is 0 Å². The molecule has 0 aromatic heterocycles. The van der Waals surface area contributed by atoms with Gasteiger partial charge < -0.3 is 24.4 Å². The summed E-state index contributed by atoms with van der Waals surface area (Å²) in [5.41, 5.74) is 3.43. The number of likely N-dealkylation sites (tertiary alicyclic amines) is 1. The smallest absolute Gasteiger partial charge is 0.254 e. The molecule has 35 heavy (non-hydrogen) atoms. The van der Waals surface area contributed by atoms with Gasteiger partial charge >= 0.3 is 0 Å². The predicted octanol–water partition coefficient (Wildman–Crippen LogP) is 3.90. The molecule has 2 amide bonds. The maximum atomic E-state index is 13.5. The zero-order valence-electron chi connectivity index (χ0n) is 19.8. The van der Waals surface area contributed by atoms with E-state index in [2.05, 4.69) is 5.32 Å². The fraction of sp³-hybridized carbons (Fsp3) is 0.286. The summed E-state index contributed by atoms with van der Waals surface area (Å²) in [7, 11) is 1.62. The number of fused-ring (bicyclic) bond motifs is 1. The molecule has 0 saturated carbocycles. The molecule has 0 aliphatic carbocycles. The van der Waals surface area contributed by atoms with Crippen molar-refractivity contribution in [1.82, 2.24) is 10.2 Å². The van der Waals surface area contributed by atoms with Crippen LogP contribution in [0.5, 0.6) is 17.2 Å². The van der Waals surface area contributed by atoms with Gasteiger partial charge in [-0.15, -0.1) is 0 Å². The standard InChI is InChI=1S/C28H28N2O5/c1-18-7-3-4-8-20(18)28(32)30-15-22(21-9-5-6-10-24(21)33-2)23(16-30)27(31)29-14-19-11-12-25-26(13-19)35-17-34-25/h3-13,22-23H,14-17H2,1-2H3,(H,29,31)/t22-,23+/m0/s1. The molecule has 3 aromatic carbocycles. The van der Waals surface area contributed by atoms with E-state index in [9.17, 15) is 9.59 Å². The predicted molar refractivity (Wildman–Crippen MR) is 131 cm³/mol. The van der Waals surface area contributed by atoms with Gasteiger partial charge in [-0.3, -0.25) is 9.59 Å². The fourth-order valence-electron chi connectivity index (χ4n) is 4.88. The molecule has 7 heteroatoms. The van der Waals surface area contributed by atoms with Crippen LogP contribution in [-0.4, -0.2) is 43.7 Å². The molecule has 2 aliphatic heterocycles. The van der Waals surface area contributed by atoms with Gasteiger partial charge in [-0.05, 0) is 47.9 Å². The Bertz CT molecular complexity index is 1260. The first-order valence-corrected chi connectivity index (χ1v) is 11.7. The Hall–Kier alpha value is -4.00. The van der Waals surface area contributed by atoms with Crippen molar-refractivity contribution in [3.8, 4) is 17.2 Å². The van der Waals surface area contributed by atoms with Crippen LogP contribution in [0.15, 0.2) is 66.7 Å². The van der Waals surface area contributed by atoms with Crippen molar-refractivity contribution in [3.63, 3.8) is 0 Å². The van der Waals surface area contributed by atoms with Crippen LogP contribution in [-0.2, 0) is 11.3 Å². The number of methoxy groups -OCH3 is 1. The number of nitrogens with one attached hydrogen (secondary N) is 1. The van der Waals surface area contributed by atoms with Gasteiger partial charge in [0.15, 0.2) is 11.5 Å². The van der Waals surface area contributed by atoms with Crippen LogP contribution in [0, 0.1) is 12.8 Å². The van der Waals surface area contributed by atoms with Crippen LogP contribution in [0.1, 0.15) is 33.0 Å². The Balaban J connectivity index is 1.38. The molecule has 0 spiro atoms. The van der Waals surface area contributed by atoms with E-state index in [0.717, 1.165) is 22.4 Å². The average molecular weight is 473 g/mol. The third-order valence-electron chi connectivity index (χ3n) is 6.76. The van der Waals surface area contributed by atoms with Gasteiger partial charge in [0, 0.05) is 31.1 Å². The molecule has 2 aliphatic rings. The molecule has 3 aromatic rings. The lowest BCUT2D eigenvalue weighted by molar-refractivity contribution is -0.125. The molecular weight excluding hydrogens is 444 g/mol. The molecule has 1 saturated heterocycles. The molecule has 0 unspecified atom stereocenters. The first kappa shape index (κ1) is 22.8. The first-order valence-electron chi connectivity index (χ1n) is 11.7. The topological polar surface area (TPSA) is 77.1 Å². The second-order valence-electron chi connectivity index (χ2n) is 8.89. The van der Waals surface area contributed by atoms with Crippen LogP contribution >= 0.6 is 0 Å². The number of para-hydroxylation sites is 1. The Morgan fingerprint density at radius 3 is 2.60 bits per heavy atom. The number of ether oxygens (including phenoxy) is 3. The van der Waals surface area contributed by atoms with Gasteiger partial charge in [0.1, 0.15) is 5.75 Å². The van der Waals surface area contributed by atoms with Crippen LogP contribution < -0.4 is 19.5 Å². The highest BCUT2D eigenvalue weighted by atomic mass is 16.7. The maximum Gasteiger partial charge on any atom is 0.254 e. The summed E-state index contributed by atoms with van der Waals surface area (Å²) in [5, 5.41) is 3.07. The molecule has 2 atom stereocenters. The van der Waals surface area contributed by atoms with E-state index < -0.39 is 5.92 Å². The number of aryl methyl sites for hydroxylation is 1. The van der Waals surface area contributed by atoms with Crippen molar-refractivity contribution in [2.75, 3.05) is 27.0 Å². The molecule has 5 rings (SSSR count). The largest absolute Gasteiger partial charge is 0.496 e. The van der Waals surface area contributed by atoms with E-state index in [-0.39, 0.29) is 24.5 Å². The van der Waals surface area contributed by atoms with Crippen molar-refractivity contribution >= 4 is 11.8 Å². The van der Waals surface area contributed by atoms with Gasteiger partial charge in [0.05, 0.1) is 13.0 Å². The number of carbonyl (C=O) groups excluding carboxylic acids is 2.